The minimum atomic E-state index is -0.624. The lowest BCUT2D eigenvalue weighted by Gasteiger charge is -2.22. The fourth-order valence-corrected chi connectivity index (χ4v) is 3.11. The predicted octanol–water partition coefficient (Wildman–Crippen LogP) is 3.63. The highest BCUT2D eigenvalue weighted by Gasteiger charge is 2.32. The summed E-state index contributed by atoms with van der Waals surface area (Å²) >= 11 is 3.55. The predicted molar refractivity (Wildman–Crippen MR) is 85.1 cm³/mol. The third-order valence-electron chi connectivity index (χ3n) is 3.78. The van der Waals surface area contributed by atoms with E-state index < -0.39 is 5.60 Å². The Morgan fingerprint density at radius 1 is 1.35 bits per heavy atom. The van der Waals surface area contributed by atoms with Gasteiger partial charge in [0.05, 0.1) is 10.1 Å². The van der Waals surface area contributed by atoms with Gasteiger partial charge in [-0.2, -0.15) is 0 Å². The summed E-state index contributed by atoms with van der Waals surface area (Å²) in [6.07, 6.45) is 5.04. The summed E-state index contributed by atoms with van der Waals surface area (Å²) in [5, 5.41) is 13.7. The van der Waals surface area contributed by atoms with Crippen LogP contribution in [0.5, 0.6) is 5.75 Å². The van der Waals surface area contributed by atoms with Gasteiger partial charge in [0.1, 0.15) is 12.4 Å². The first-order valence-electron chi connectivity index (χ1n) is 7.47. The fourth-order valence-electron chi connectivity index (χ4n) is 2.57. The van der Waals surface area contributed by atoms with Crippen LogP contribution in [0.15, 0.2) is 22.7 Å². The maximum atomic E-state index is 10.3. The molecule has 0 spiro atoms. The van der Waals surface area contributed by atoms with Crippen LogP contribution in [-0.2, 0) is 6.54 Å². The van der Waals surface area contributed by atoms with Crippen LogP contribution in [0, 0.1) is 0 Å². The van der Waals surface area contributed by atoms with Crippen LogP contribution in [-0.4, -0.2) is 23.9 Å². The van der Waals surface area contributed by atoms with E-state index in [1.165, 1.54) is 5.56 Å². The van der Waals surface area contributed by atoms with E-state index in [1.54, 1.807) is 0 Å². The Morgan fingerprint density at radius 3 is 2.75 bits per heavy atom. The largest absolute Gasteiger partial charge is 0.489 e. The number of benzene rings is 1. The topological polar surface area (TPSA) is 41.5 Å². The van der Waals surface area contributed by atoms with E-state index in [9.17, 15) is 5.11 Å². The second kappa shape index (κ2) is 7.43. The van der Waals surface area contributed by atoms with Gasteiger partial charge in [-0.15, -0.1) is 0 Å². The molecular weight excluding hydrogens is 318 g/mol. The van der Waals surface area contributed by atoms with E-state index in [0.717, 1.165) is 55.4 Å². The first-order chi connectivity index (χ1) is 9.63. The number of ether oxygens (including phenoxy) is 1. The van der Waals surface area contributed by atoms with Crippen molar-refractivity contribution in [3.63, 3.8) is 0 Å². The highest BCUT2D eigenvalue weighted by molar-refractivity contribution is 9.10. The van der Waals surface area contributed by atoms with Crippen molar-refractivity contribution in [3.8, 4) is 5.75 Å². The quantitative estimate of drug-likeness (QED) is 0.744. The molecule has 0 bridgehead atoms. The molecule has 1 aromatic carbocycles. The maximum Gasteiger partial charge on any atom is 0.133 e. The van der Waals surface area contributed by atoms with Crippen molar-refractivity contribution < 1.29 is 9.84 Å². The zero-order chi connectivity index (χ0) is 14.4. The summed E-state index contributed by atoms with van der Waals surface area (Å²) in [6, 6.07) is 6.13. The van der Waals surface area contributed by atoms with Crippen molar-refractivity contribution in [2.45, 2.75) is 51.2 Å². The molecule has 0 radical (unpaired) electrons. The molecule has 0 heterocycles. The van der Waals surface area contributed by atoms with E-state index in [2.05, 4.69) is 40.3 Å². The van der Waals surface area contributed by atoms with Crippen molar-refractivity contribution in [1.29, 1.82) is 0 Å². The van der Waals surface area contributed by atoms with Crippen molar-refractivity contribution in [2.24, 2.45) is 0 Å². The Bertz CT molecular complexity index is 430. The molecule has 1 aliphatic rings. The molecule has 2 rings (SSSR count). The summed E-state index contributed by atoms with van der Waals surface area (Å²) in [5.74, 6) is 0.810. The summed E-state index contributed by atoms with van der Waals surface area (Å²) in [7, 11) is 0. The monoisotopic (exact) mass is 341 g/mol. The second-order valence-electron chi connectivity index (χ2n) is 5.66. The van der Waals surface area contributed by atoms with Crippen molar-refractivity contribution in [2.75, 3.05) is 13.2 Å². The zero-order valence-corrected chi connectivity index (χ0v) is 13.7. The van der Waals surface area contributed by atoms with Crippen molar-refractivity contribution in [1.82, 2.24) is 5.32 Å². The highest BCUT2D eigenvalue weighted by atomic mass is 79.9. The van der Waals surface area contributed by atoms with Gasteiger partial charge in [-0.25, -0.2) is 0 Å². The van der Waals surface area contributed by atoms with Gasteiger partial charge in [0, 0.05) is 6.54 Å². The number of nitrogens with one attached hydrogen (secondary N) is 1. The smallest absolute Gasteiger partial charge is 0.133 e. The summed E-state index contributed by atoms with van der Waals surface area (Å²) in [6.45, 7) is 4.45. The molecule has 112 valence electrons. The number of hydrogen-bond acceptors (Lipinski definition) is 3. The molecule has 4 heteroatoms. The molecule has 0 aromatic heterocycles. The highest BCUT2D eigenvalue weighted by Crippen LogP contribution is 2.32. The van der Waals surface area contributed by atoms with Gasteiger partial charge in [0.25, 0.3) is 0 Å². The average molecular weight is 342 g/mol. The first kappa shape index (κ1) is 15.8. The molecule has 1 aromatic rings. The molecule has 20 heavy (non-hydrogen) atoms. The molecule has 0 atom stereocenters. The molecule has 0 amide bonds. The van der Waals surface area contributed by atoms with Crippen LogP contribution in [0.2, 0.25) is 0 Å². The Morgan fingerprint density at radius 2 is 2.10 bits per heavy atom. The maximum absolute atomic E-state index is 10.3. The van der Waals surface area contributed by atoms with Crippen molar-refractivity contribution >= 4 is 15.9 Å². The average Bonchev–Trinajstić information content (AvgIpc) is 2.85. The number of rotatable bonds is 7. The third-order valence-corrected chi connectivity index (χ3v) is 4.40. The molecule has 2 N–H and O–H groups in total. The van der Waals surface area contributed by atoms with E-state index >= 15 is 0 Å². The number of hydrogen-bond donors (Lipinski definition) is 2. The summed E-state index contributed by atoms with van der Waals surface area (Å²) in [5.41, 5.74) is 0.609. The van der Waals surface area contributed by atoms with Gasteiger partial charge in [0.2, 0.25) is 0 Å². The van der Waals surface area contributed by atoms with Gasteiger partial charge < -0.3 is 15.2 Å². The van der Waals surface area contributed by atoms with E-state index in [1.807, 2.05) is 6.07 Å². The van der Waals surface area contributed by atoms with Crippen molar-refractivity contribution in [3.05, 3.63) is 28.2 Å². The Balaban J connectivity index is 1.88. The zero-order valence-electron chi connectivity index (χ0n) is 12.1. The number of aliphatic hydroxyl groups is 1. The Hall–Kier alpha value is -0.580. The van der Waals surface area contributed by atoms with Gasteiger partial charge in [-0.05, 0) is 59.4 Å². The minimum Gasteiger partial charge on any atom is -0.489 e. The van der Waals surface area contributed by atoms with Crippen LogP contribution in [0.3, 0.4) is 0 Å². The molecular formula is C16H24BrNO2. The number of halogens is 1. The molecule has 1 fully saturated rings. The van der Waals surface area contributed by atoms with Gasteiger partial charge >= 0.3 is 0 Å². The van der Waals surface area contributed by atoms with Gasteiger partial charge in [-0.1, -0.05) is 25.8 Å². The van der Waals surface area contributed by atoms with Gasteiger partial charge in [0.15, 0.2) is 0 Å². The molecule has 3 nitrogen and oxygen atoms in total. The molecule has 1 aliphatic carbocycles. The Kier molecular flexibility index (Phi) is 5.87. The van der Waals surface area contributed by atoms with Crippen LogP contribution >= 0.6 is 15.9 Å². The minimum absolute atomic E-state index is 0.388. The normalized spacial score (nSPS) is 17.4. The van der Waals surface area contributed by atoms with Crippen LogP contribution in [0.25, 0.3) is 0 Å². The summed E-state index contributed by atoms with van der Waals surface area (Å²) < 4.78 is 6.74. The standard InChI is InChI=1S/C16H24BrNO2/c1-2-9-18-11-13-5-6-15(14(17)10-13)20-12-16(19)7-3-4-8-16/h5-6,10,18-19H,2-4,7-9,11-12H2,1H3. The molecule has 0 aliphatic heterocycles. The van der Waals surface area contributed by atoms with E-state index in [4.69, 9.17) is 4.74 Å². The van der Waals surface area contributed by atoms with Gasteiger partial charge in [-0.3, -0.25) is 0 Å². The van der Waals surface area contributed by atoms with Crippen LogP contribution in [0.4, 0.5) is 0 Å². The van der Waals surface area contributed by atoms with E-state index in [-0.39, 0.29) is 0 Å². The lowest BCUT2D eigenvalue weighted by Crippen LogP contribution is -2.32. The fraction of sp³-hybridized carbons (Fsp3) is 0.625. The van der Waals surface area contributed by atoms with Crippen LogP contribution in [0.1, 0.15) is 44.6 Å². The lowest BCUT2D eigenvalue weighted by molar-refractivity contribution is 0.00118. The lowest BCUT2D eigenvalue weighted by atomic mass is 10.0. The first-order valence-corrected chi connectivity index (χ1v) is 8.26. The second-order valence-corrected chi connectivity index (χ2v) is 6.52. The van der Waals surface area contributed by atoms with E-state index in [0.29, 0.717) is 6.61 Å². The Labute approximate surface area is 129 Å². The molecule has 1 saturated carbocycles. The summed E-state index contributed by atoms with van der Waals surface area (Å²) in [4.78, 5) is 0. The third kappa shape index (κ3) is 4.47. The molecule has 0 saturated heterocycles. The SMILES string of the molecule is CCCNCc1ccc(OCC2(O)CCCC2)c(Br)c1. The van der Waals surface area contributed by atoms with Crippen LogP contribution < -0.4 is 10.1 Å². The molecule has 0 unspecified atom stereocenters.